The first-order chi connectivity index (χ1) is 16.1. The van der Waals surface area contributed by atoms with Crippen molar-refractivity contribution in [1.29, 1.82) is 0 Å². The van der Waals surface area contributed by atoms with Gasteiger partial charge in [-0.1, -0.05) is 31.2 Å². The Morgan fingerprint density at radius 1 is 1.15 bits per heavy atom. The molecule has 1 aromatic carbocycles. The van der Waals surface area contributed by atoms with Gasteiger partial charge in [0.15, 0.2) is 17.2 Å². The maximum atomic E-state index is 15.6. The van der Waals surface area contributed by atoms with Gasteiger partial charge in [-0.25, -0.2) is 9.18 Å². The summed E-state index contributed by atoms with van der Waals surface area (Å²) in [6.45, 7) is 5.50. The van der Waals surface area contributed by atoms with Gasteiger partial charge in [-0.15, -0.1) is 0 Å². The number of fused-ring (bicyclic) bond motifs is 3. The van der Waals surface area contributed by atoms with Crippen molar-refractivity contribution in [1.82, 2.24) is 0 Å². The summed E-state index contributed by atoms with van der Waals surface area (Å²) in [5.74, 6) is -1.04. The summed E-state index contributed by atoms with van der Waals surface area (Å²) in [4.78, 5) is 38.4. The van der Waals surface area contributed by atoms with Crippen LogP contribution in [0.4, 0.5) is 4.39 Å². The molecule has 4 aliphatic carbocycles. The van der Waals surface area contributed by atoms with Crippen LogP contribution in [0.2, 0.25) is 0 Å². The highest BCUT2D eigenvalue weighted by atomic mass is 19.1. The van der Waals surface area contributed by atoms with Crippen LogP contribution in [-0.4, -0.2) is 41.0 Å². The Morgan fingerprint density at radius 3 is 2.59 bits per heavy atom. The number of ketones is 2. The Labute approximate surface area is 198 Å². The predicted octanol–water partition coefficient (Wildman–Crippen LogP) is 4.56. The van der Waals surface area contributed by atoms with Crippen LogP contribution in [0.25, 0.3) is 0 Å². The average molecular weight is 465 g/mol. The molecule has 6 rings (SSSR count). The number of Topliss-reactive ketones (excluding diaryl/α,β-unsaturated/α-hetero) is 1. The van der Waals surface area contributed by atoms with Crippen LogP contribution in [-0.2, 0) is 19.1 Å². The lowest BCUT2D eigenvalue weighted by atomic mass is 9.46. The van der Waals surface area contributed by atoms with Crippen molar-refractivity contribution >= 4 is 17.5 Å². The van der Waals surface area contributed by atoms with E-state index in [1.54, 1.807) is 24.3 Å². The molecule has 8 atom stereocenters. The van der Waals surface area contributed by atoms with E-state index in [9.17, 15) is 14.4 Å². The number of carbonyl (C=O) groups is 3. The highest BCUT2D eigenvalue weighted by Gasteiger charge is 2.82. The van der Waals surface area contributed by atoms with Gasteiger partial charge in [0.2, 0.25) is 0 Å². The van der Waals surface area contributed by atoms with Crippen LogP contribution < -0.4 is 0 Å². The minimum absolute atomic E-state index is 0.0404. The third kappa shape index (κ3) is 2.45. The summed E-state index contributed by atoms with van der Waals surface area (Å²) in [5, 5.41) is 0. The molecule has 4 fully saturated rings. The normalized spacial score (nSPS) is 45.9. The second-order valence-corrected chi connectivity index (χ2v) is 11.2. The van der Waals surface area contributed by atoms with Crippen LogP contribution in [0.15, 0.2) is 54.1 Å². The molecule has 0 N–H and O–H groups in total. The molecule has 1 spiro atoms. The van der Waals surface area contributed by atoms with E-state index < -0.39 is 34.2 Å². The number of rotatable bonds is 3. The molecule has 0 amide bonds. The summed E-state index contributed by atoms with van der Waals surface area (Å²) < 4.78 is 28.2. The molecule has 0 radical (unpaired) electrons. The molecule has 1 aromatic rings. The number of alkyl halides is 1. The fourth-order valence-electron chi connectivity index (χ4n) is 8.24. The number of carbonyl (C=O) groups excluding carboxylic acids is 3. The summed E-state index contributed by atoms with van der Waals surface area (Å²) in [6.07, 6.45) is 5.24. The zero-order valence-electron chi connectivity index (χ0n) is 19.7. The van der Waals surface area contributed by atoms with Crippen molar-refractivity contribution in [2.45, 2.75) is 69.9 Å². The number of halogens is 1. The maximum absolute atomic E-state index is 15.6. The van der Waals surface area contributed by atoms with Crippen molar-refractivity contribution in [2.24, 2.45) is 22.7 Å². The molecule has 6 heteroatoms. The predicted molar refractivity (Wildman–Crippen MR) is 122 cm³/mol. The SMILES string of the molecule is CC(=O)[C@@]1(OC(=O)c2ccccc2)CC[C@H]2[C@@H]3CC(F)C4=CC(=O)C=C[C@]4(C)[C@]34OC4C[C@@]21C. The Hall–Kier alpha value is -2.60. The zero-order valence-corrected chi connectivity index (χ0v) is 19.7. The quantitative estimate of drug-likeness (QED) is 0.484. The molecule has 178 valence electrons. The molecule has 3 saturated carbocycles. The Balaban J connectivity index is 1.40. The summed E-state index contributed by atoms with van der Waals surface area (Å²) in [5.41, 5.74) is -2.30. The fraction of sp³-hybridized carbons (Fsp3) is 0.536. The van der Waals surface area contributed by atoms with Crippen molar-refractivity contribution < 1.29 is 28.2 Å². The number of allylic oxidation sites excluding steroid dienone is 2. The Bertz CT molecular complexity index is 1170. The van der Waals surface area contributed by atoms with Gasteiger partial charge in [0.1, 0.15) is 11.8 Å². The third-order valence-electron chi connectivity index (χ3n) is 9.89. The zero-order chi connectivity index (χ0) is 24.1. The van der Waals surface area contributed by atoms with Gasteiger partial charge >= 0.3 is 5.97 Å². The fourth-order valence-corrected chi connectivity index (χ4v) is 8.24. The lowest BCUT2D eigenvalue weighted by Gasteiger charge is -2.56. The molecule has 0 bridgehead atoms. The Morgan fingerprint density at radius 2 is 1.88 bits per heavy atom. The lowest BCUT2D eigenvalue weighted by molar-refractivity contribution is -0.157. The van der Waals surface area contributed by atoms with Crippen LogP contribution in [0.3, 0.4) is 0 Å². The summed E-state index contributed by atoms with van der Waals surface area (Å²) in [6, 6.07) is 8.71. The van der Waals surface area contributed by atoms with Crippen molar-refractivity contribution in [3.63, 3.8) is 0 Å². The van der Waals surface area contributed by atoms with E-state index in [2.05, 4.69) is 0 Å². The average Bonchev–Trinajstić information content (AvgIpc) is 3.46. The topological polar surface area (TPSA) is 73.0 Å². The first-order valence-corrected chi connectivity index (χ1v) is 12.2. The molecule has 0 aromatic heterocycles. The number of epoxide rings is 1. The smallest absolute Gasteiger partial charge is 0.339 e. The van der Waals surface area contributed by atoms with Crippen LogP contribution in [0, 0.1) is 22.7 Å². The second-order valence-electron chi connectivity index (χ2n) is 11.2. The van der Waals surface area contributed by atoms with E-state index in [-0.39, 0.29) is 35.9 Å². The van der Waals surface area contributed by atoms with Gasteiger partial charge in [-0.3, -0.25) is 9.59 Å². The molecule has 5 aliphatic rings. The van der Waals surface area contributed by atoms with E-state index in [4.69, 9.17) is 9.47 Å². The lowest BCUT2D eigenvalue weighted by Crippen LogP contribution is -2.63. The first-order valence-electron chi connectivity index (χ1n) is 12.2. The second kappa shape index (κ2) is 6.75. The maximum Gasteiger partial charge on any atom is 0.339 e. The molecule has 1 heterocycles. The molecule has 2 unspecified atom stereocenters. The Kier molecular flexibility index (Phi) is 4.35. The van der Waals surface area contributed by atoms with E-state index in [1.807, 2.05) is 26.0 Å². The van der Waals surface area contributed by atoms with Crippen LogP contribution >= 0.6 is 0 Å². The number of ether oxygens (including phenoxy) is 2. The minimum atomic E-state index is -1.27. The number of hydrogen-bond acceptors (Lipinski definition) is 5. The van der Waals surface area contributed by atoms with Gasteiger partial charge in [0.05, 0.1) is 11.7 Å². The van der Waals surface area contributed by atoms with E-state index in [0.29, 0.717) is 30.4 Å². The molecule has 34 heavy (non-hydrogen) atoms. The van der Waals surface area contributed by atoms with Gasteiger partial charge in [0.25, 0.3) is 0 Å². The highest BCUT2D eigenvalue weighted by molar-refractivity contribution is 6.01. The highest BCUT2D eigenvalue weighted by Crippen LogP contribution is 2.76. The largest absolute Gasteiger partial charge is 0.447 e. The first kappa shape index (κ1) is 21.9. The van der Waals surface area contributed by atoms with E-state index in [0.717, 1.165) is 0 Å². The molecule has 1 saturated heterocycles. The van der Waals surface area contributed by atoms with E-state index in [1.165, 1.54) is 19.1 Å². The third-order valence-corrected chi connectivity index (χ3v) is 9.89. The summed E-state index contributed by atoms with van der Waals surface area (Å²) in [7, 11) is 0. The minimum Gasteiger partial charge on any atom is -0.447 e. The monoisotopic (exact) mass is 464 g/mol. The molecule has 5 nitrogen and oxygen atoms in total. The van der Waals surface area contributed by atoms with Gasteiger partial charge in [0, 0.05) is 10.8 Å². The number of esters is 1. The van der Waals surface area contributed by atoms with Gasteiger partial charge < -0.3 is 9.47 Å². The number of hydrogen-bond donors (Lipinski definition) is 0. The number of benzene rings is 1. The van der Waals surface area contributed by atoms with Crippen molar-refractivity contribution in [3.8, 4) is 0 Å². The molecule has 1 aliphatic heterocycles. The van der Waals surface area contributed by atoms with E-state index >= 15 is 4.39 Å². The van der Waals surface area contributed by atoms with Crippen molar-refractivity contribution in [3.05, 3.63) is 59.7 Å². The van der Waals surface area contributed by atoms with Gasteiger partial charge in [-0.2, -0.15) is 0 Å². The summed E-state index contributed by atoms with van der Waals surface area (Å²) >= 11 is 0. The molecular weight excluding hydrogens is 435 g/mol. The van der Waals surface area contributed by atoms with Crippen LogP contribution in [0.1, 0.15) is 56.8 Å². The molecular formula is C28H29FO5. The van der Waals surface area contributed by atoms with Crippen molar-refractivity contribution in [2.75, 3.05) is 0 Å². The van der Waals surface area contributed by atoms with Crippen LogP contribution in [0.5, 0.6) is 0 Å². The van der Waals surface area contributed by atoms with Gasteiger partial charge in [-0.05, 0) is 81.2 Å². The standard InChI is InChI=1S/C28H29FO5/c1-16(30)27(34-24(32)17-7-5-4-6-8-17)12-10-19-20-14-22(29)21-13-18(31)9-11-25(21,2)28(20)23(33-28)15-26(19,27)3/h4-9,11,13,19-20,22-23H,10,12,14-15H2,1-3H3/t19-,20-,22?,23?,25-,26-,27-,28-/m0/s1.